The van der Waals surface area contributed by atoms with E-state index in [9.17, 15) is 9.59 Å². The summed E-state index contributed by atoms with van der Waals surface area (Å²) in [5.74, 6) is -0.0834. The van der Waals surface area contributed by atoms with E-state index >= 15 is 0 Å². The molecule has 1 spiro atoms. The Labute approximate surface area is 115 Å². The normalized spacial score (nSPS) is 43.4. The van der Waals surface area contributed by atoms with Crippen LogP contribution in [0, 0.1) is 5.92 Å². The fraction of sp³-hybridized carbons (Fsp3) is 0.857. The standard InChI is InChI=1S/C14H25N3O2/c1-6-13(5)10(4)14(8-9(3)17(13)7-2)11(18)15-12(19)16-14/h9-10H,6-8H2,1-5H3,(H2,15,16,18,19). The van der Waals surface area contributed by atoms with Gasteiger partial charge in [-0.2, -0.15) is 0 Å². The van der Waals surface area contributed by atoms with E-state index in [-0.39, 0.29) is 29.4 Å². The van der Waals surface area contributed by atoms with Crippen LogP contribution in [-0.4, -0.2) is 40.5 Å². The van der Waals surface area contributed by atoms with Gasteiger partial charge in [-0.15, -0.1) is 0 Å². The number of amides is 3. The first kappa shape index (κ1) is 14.3. The largest absolute Gasteiger partial charge is 0.323 e. The first-order valence-corrected chi connectivity index (χ1v) is 7.22. The third-order valence-corrected chi connectivity index (χ3v) is 5.50. The van der Waals surface area contributed by atoms with Crippen LogP contribution in [-0.2, 0) is 4.79 Å². The minimum atomic E-state index is -0.743. The topological polar surface area (TPSA) is 61.4 Å². The Morgan fingerprint density at radius 3 is 2.37 bits per heavy atom. The molecule has 0 aromatic heterocycles. The van der Waals surface area contributed by atoms with Crippen molar-refractivity contribution >= 4 is 11.9 Å². The summed E-state index contributed by atoms with van der Waals surface area (Å²) in [6, 6.07) is -0.0808. The Morgan fingerprint density at radius 2 is 1.95 bits per heavy atom. The maximum Gasteiger partial charge on any atom is 0.322 e. The van der Waals surface area contributed by atoms with Gasteiger partial charge in [0.2, 0.25) is 0 Å². The molecule has 2 fully saturated rings. The molecule has 2 aliphatic heterocycles. The highest BCUT2D eigenvalue weighted by Gasteiger charge is 2.60. The summed E-state index contributed by atoms with van der Waals surface area (Å²) in [5, 5.41) is 5.32. The average molecular weight is 267 g/mol. The predicted molar refractivity (Wildman–Crippen MR) is 73.7 cm³/mol. The lowest BCUT2D eigenvalue weighted by atomic mass is 9.64. The van der Waals surface area contributed by atoms with Crippen LogP contribution in [0.4, 0.5) is 4.79 Å². The molecular formula is C14H25N3O2. The van der Waals surface area contributed by atoms with Gasteiger partial charge in [0, 0.05) is 17.5 Å². The van der Waals surface area contributed by atoms with Gasteiger partial charge in [-0.25, -0.2) is 4.79 Å². The minimum absolute atomic E-state index is 0.0765. The van der Waals surface area contributed by atoms with Crippen LogP contribution >= 0.6 is 0 Å². The Hall–Kier alpha value is -1.10. The van der Waals surface area contributed by atoms with Crippen LogP contribution in [0.2, 0.25) is 0 Å². The van der Waals surface area contributed by atoms with Gasteiger partial charge in [-0.1, -0.05) is 20.8 Å². The number of carbonyl (C=O) groups is 2. The third kappa shape index (κ3) is 1.78. The van der Waals surface area contributed by atoms with Gasteiger partial charge in [-0.3, -0.25) is 15.0 Å². The molecule has 2 rings (SSSR count). The summed E-state index contributed by atoms with van der Waals surface area (Å²) in [6.45, 7) is 11.7. The van der Waals surface area contributed by atoms with Crippen LogP contribution in [0.3, 0.4) is 0 Å². The van der Waals surface area contributed by atoms with Gasteiger partial charge < -0.3 is 5.32 Å². The predicted octanol–water partition coefficient (Wildman–Crippen LogP) is 1.48. The van der Waals surface area contributed by atoms with E-state index in [1.54, 1.807) is 0 Å². The fourth-order valence-electron chi connectivity index (χ4n) is 4.17. The van der Waals surface area contributed by atoms with Crippen molar-refractivity contribution in [1.29, 1.82) is 0 Å². The molecule has 3 amide bonds. The number of carbonyl (C=O) groups excluding carboxylic acids is 2. The molecule has 5 heteroatoms. The van der Waals surface area contributed by atoms with Crippen LogP contribution < -0.4 is 10.6 Å². The molecule has 0 bridgehead atoms. The second-order valence-electron chi connectivity index (χ2n) is 6.15. The molecule has 4 unspecified atom stereocenters. The summed E-state index contributed by atoms with van der Waals surface area (Å²) < 4.78 is 0. The van der Waals surface area contributed by atoms with E-state index in [4.69, 9.17) is 0 Å². The zero-order chi connectivity index (χ0) is 14.4. The quantitative estimate of drug-likeness (QED) is 0.745. The number of rotatable bonds is 2. The summed E-state index contributed by atoms with van der Waals surface area (Å²) >= 11 is 0. The van der Waals surface area contributed by atoms with E-state index < -0.39 is 5.54 Å². The fourth-order valence-corrected chi connectivity index (χ4v) is 4.17. The van der Waals surface area contributed by atoms with Crippen molar-refractivity contribution in [3.63, 3.8) is 0 Å². The third-order valence-electron chi connectivity index (χ3n) is 5.50. The zero-order valence-electron chi connectivity index (χ0n) is 12.5. The van der Waals surface area contributed by atoms with Crippen molar-refractivity contribution in [3.8, 4) is 0 Å². The van der Waals surface area contributed by atoms with Gasteiger partial charge in [0.1, 0.15) is 5.54 Å². The molecule has 2 saturated heterocycles. The highest BCUT2D eigenvalue weighted by Crippen LogP contribution is 2.45. The molecule has 2 N–H and O–H groups in total. The monoisotopic (exact) mass is 267 g/mol. The SMILES string of the molecule is CCN1C(C)CC2(NC(=O)NC2=O)C(C)C1(C)CC. The van der Waals surface area contributed by atoms with Gasteiger partial charge in [0.05, 0.1) is 0 Å². The van der Waals surface area contributed by atoms with Crippen LogP contribution in [0.25, 0.3) is 0 Å². The van der Waals surface area contributed by atoms with Crippen molar-refractivity contribution < 1.29 is 9.59 Å². The van der Waals surface area contributed by atoms with Crippen LogP contribution in [0.15, 0.2) is 0 Å². The number of likely N-dealkylation sites (tertiary alicyclic amines) is 1. The molecule has 2 aliphatic rings. The van der Waals surface area contributed by atoms with Crippen molar-refractivity contribution in [3.05, 3.63) is 0 Å². The maximum atomic E-state index is 12.3. The molecule has 0 aromatic carbocycles. The first-order chi connectivity index (χ1) is 8.81. The van der Waals surface area contributed by atoms with Crippen LogP contribution in [0.5, 0.6) is 0 Å². The number of hydrogen-bond donors (Lipinski definition) is 2. The van der Waals surface area contributed by atoms with Gasteiger partial charge in [0.25, 0.3) is 5.91 Å². The van der Waals surface area contributed by atoms with Crippen molar-refractivity contribution in [1.82, 2.24) is 15.5 Å². The zero-order valence-corrected chi connectivity index (χ0v) is 12.5. The van der Waals surface area contributed by atoms with Crippen molar-refractivity contribution in [2.45, 2.75) is 64.6 Å². The summed E-state index contributed by atoms with van der Waals surface area (Å²) in [4.78, 5) is 26.3. The van der Waals surface area contributed by atoms with E-state index in [2.05, 4.69) is 50.2 Å². The Bertz CT molecular complexity index is 411. The maximum absolute atomic E-state index is 12.3. The van der Waals surface area contributed by atoms with Crippen molar-refractivity contribution in [2.75, 3.05) is 6.54 Å². The van der Waals surface area contributed by atoms with E-state index in [1.807, 2.05) is 0 Å². The minimum Gasteiger partial charge on any atom is -0.323 e. The Morgan fingerprint density at radius 1 is 1.32 bits per heavy atom. The summed E-state index contributed by atoms with van der Waals surface area (Å²) in [5.41, 5.74) is -0.825. The molecule has 5 nitrogen and oxygen atoms in total. The molecule has 4 atom stereocenters. The molecule has 108 valence electrons. The smallest absolute Gasteiger partial charge is 0.322 e. The number of nitrogens with zero attached hydrogens (tertiary/aromatic N) is 1. The molecule has 19 heavy (non-hydrogen) atoms. The molecular weight excluding hydrogens is 242 g/mol. The lowest BCUT2D eigenvalue weighted by molar-refractivity contribution is -0.137. The Balaban J connectivity index is 2.45. The molecule has 2 heterocycles. The molecule has 0 aliphatic carbocycles. The van der Waals surface area contributed by atoms with Gasteiger partial charge >= 0.3 is 6.03 Å². The number of imide groups is 1. The van der Waals surface area contributed by atoms with Crippen LogP contribution in [0.1, 0.15) is 47.5 Å². The summed E-state index contributed by atoms with van der Waals surface area (Å²) in [7, 11) is 0. The number of hydrogen-bond acceptors (Lipinski definition) is 3. The number of piperidine rings is 1. The van der Waals surface area contributed by atoms with Crippen molar-refractivity contribution in [2.24, 2.45) is 5.92 Å². The highest BCUT2D eigenvalue weighted by atomic mass is 16.2. The lowest BCUT2D eigenvalue weighted by Gasteiger charge is -2.58. The number of nitrogens with one attached hydrogen (secondary N) is 2. The summed E-state index contributed by atoms with van der Waals surface area (Å²) in [6.07, 6.45) is 1.63. The lowest BCUT2D eigenvalue weighted by Crippen LogP contribution is -2.71. The second kappa shape index (κ2) is 4.47. The Kier molecular flexibility index (Phi) is 3.37. The number of urea groups is 1. The van der Waals surface area contributed by atoms with E-state index in [0.29, 0.717) is 6.42 Å². The van der Waals surface area contributed by atoms with Gasteiger partial charge in [0.15, 0.2) is 0 Å². The first-order valence-electron chi connectivity index (χ1n) is 7.22. The van der Waals surface area contributed by atoms with E-state index in [0.717, 1.165) is 13.0 Å². The average Bonchev–Trinajstić information content (AvgIpc) is 2.62. The highest BCUT2D eigenvalue weighted by molar-refractivity contribution is 6.07. The van der Waals surface area contributed by atoms with E-state index in [1.165, 1.54) is 0 Å². The van der Waals surface area contributed by atoms with Gasteiger partial charge in [-0.05, 0) is 33.2 Å². The molecule has 0 radical (unpaired) electrons. The molecule has 0 saturated carbocycles. The molecule has 0 aromatic rings. The second-order valence-corrected chi connectivity index (χ2v) is 6.15.